The molecule has 1 amide bonds. The third kappa shape index (κ3) is 6.94. The topological polar surface area (TPSA) is 229 Å². The molecule has 4 rings (SSSR count). The number of nitrogens with zero attached hydrogens (tertiary/aromatic N) is 1. The molecule has 4 aliphatic carbocycles. The van der Waals surface area contributed by atoms with Crippen molar-refractivity contribution in [3.8, 4) is 0 Å². The number of ether oxygens (including phenoxy) is 2. The van der Waals surface area contributed by atoms with Gasteiger partial charge in [-0.15, -0.1) is 10.1 Å². The molecule has 0 saturated heterocycles. The van der Waals surface area contributed by atoms with Gasteiger partial charge < -0.3 is 34.9 Å². The van der Waals surface area contributed by atoms with Crippen molar-refractivity contribution in [2.24, 2.45) is 28.6 Å². The van der Waals surface area contributed by atoms with Crippen LogP contribution in [-0.2, 0) is 33.5 Å². The fourth-order valence-corrected chi connectivity index (χ4v) is 8.37. The van der Waals surface area contributed by atoms with Crippen LogP contribution in [0.15, 0.2) is 23.8 Å². The SMILES string of the molecule is C[C@]12C=CC(=O)C=C1CC[C@@H]1[C@@H]2[C@@H](O)C[C@@]2(C)[C@H]1CC[C@]2(O)C(=O)COC(=O)OCC(NC(=O)CCCCCO[N+](=O)[O-])C(=O)O. The Morgan fingerprint density at radius 1 is 1.15 bits per heavy atom. The summed E-state index contributed by atoms with van der Waals surface area (Å²) in [7, 11) is 0. The zero-order valence-corrected chi connectivity index (χ0v) is 26.0. The van der Waals surface area contributed by atoms with E-state index in [2.05, 4.69) is 10.2 Å². The number of carboxylic acid groups (broad SMARTS) is 1. The predicted octanol–water partition coefficient (Wildman–Crippen LogP) is 2.06. The maximum absolute atomic E-state index is 13.4. The number of carbonyl (C=O) groups excluding carboxylic acids is 4. The fraction of sp³-hybridized carbons (Fsp3) is 0.710. The molecule has 1 unspecified atom stereocenters. The minimum absolute atomic E-state index is 0.00720. The second-order valence-corrected chi connectivity index (χ2v) is 13.2. The summed E-state index contributed by atoms with van der Waals surface area (Å²) in [5.41, 5.74) is -2.39. The third-order valence-corrected chi connectivity index (χ3v) is 10.7. The van der Waals surface area contributed by atoms with Crippen molar-refractivity contribution >= 4 is 29.6 Å². The molecule has 0 aromatic rings. The van der Waals surface area contributed by atoms with E-state index in [4.69, 9.17) is 9.47 Å². The van der Waals surface area contributed by atoms with Crippen LogP contribution in [0.25, 0.3) is 0 Å². The Labute approximate surface area is 265 Å². The number of aliphatic carboxylic acids is 1. The van der Waals surface area contributed by atoms with Crippen molar-refractivity contribution in [1.29, 1.82) is 0 Å². The summed E-state index contributed by atoms with van der Waals surface area (Å²) >= 11 is 0. The summed E-state index contributed by atoms with van der Waals surface area (Å²) in [6.45, 7) is 2.08. The van der Waals surface area contributed by atoms with E-state index in [0.717, 1.165) is 5.57 Å². The van der Waals surface area contributed by atoms with Gasteiger partial charge in [-0.25, -0.2) is 9.59 Å². The Balaban J connectivity index is 1.28. The standard InChI is InChI=1S/C31H42N2O13/c1-29-11-9-19(34)14-18(29)7-8-20-21-10-12-31(41,30(21,2)15-23(35)26(20)29)24(36)17-45-28(40)44-16-22(27(38)39)32-25(37)6-4-3-5-13-46-33(42)43/h9,11,14,20-23,26,35,41H,3-8,10,12-13,15-17H2,1-2H3,(H,32,37)(H,38,39)/t20-,21-,22?,23-,26+,29-,30-,31-/m0/s1. The molecule has 0 aromatic heterocycles. The van der Waals surface area contributed by atoms with Gasteiger partial charge in [-0.1, -0.05) is 31.9 Å². The molecule has 0 bridgehead atoms. The summed E-state index contributed by atoms with van der Waals surface area (Å²) in [5.74, 6) is -3.22. The number of hydrogen-bond acceptors (Lipinski definition) is 12. The number of amides is 1. The number of carboxylic acids is 1. The van der Waals surface area contributed by atoms with Crippen molar-refractivity contribution in [1.82, 2.24) is 5.32 Å². The lowest BCUT2D eigenvalue weighted by Crippen LogP contribution is -2.61. The van der Waals surface area contributed by atoms with E-state index < -0.39 is 70.7 Å². The highest BCUT2D eigenvalue weighted by molar-refractivity contribution is 6.01. The van der Waals surface area contributed by atoms with Gasteiger partial charge in [-0.05, 0) is 68.9 Å². The number of rotatable bonds is 14. The highest BCUT2D eigenvalue weighted by atomic mass is 16.9. The number of carbonyl (C=O) groups is 5. The minimum Gasteiger partial charge on any atom is -0.480 e. The molecule has 3 fully saturated rings. The zero-order chi connectivity index (χ0) is 33.9. The lowest BCUT2D eigenvalue weighted by molar-refractivity contribution is -0.757. The Bertz CT molecular complexity index is 1310. The average molecular weight is 651 g/mol. The van der Waals surface area contributed by atoms with Crippen molar-refractivity contribution in [2.45, 2.75) is 89.4 Å². The van der Waals surface area contributed by atoms with Crippen LogP contribution in [0.5, 0.6) is 0 Å². The monoisotopic (exact) mass is 650 g/mol. The number of unbranched alkanes of at least 4 members (excludes halogenated alkanes) is 2. The Morgan fingerprint density at radius 3 is 2.59 bits per heavy atom. The molecule has 8 atom stereocenters. The van der Waals surface area contributed by atoms with Crippen LogP contribution in [0.4, 0.5) is 4.79 Å². The van der Waals surface area contributed by atoms with Crippen LogP contribution in [0.2, 0.25) is 0 Å². The van der Waals surface area contributed by atoms with Crippen molar-refractivity contribution in [2.75, 3.05) is 19.8 Å². The first-order valence-corrected chi connectivity index (χ1v) is 15.6. The third-order valence-electron chi connectivity index (χ3n) is 10.7. The molecule has 0 aliphatic heterocycles. The molecule has 4 N–H and O–H groups in total. The molecular weight excluding hydrogens is 608 g/mol. The maximum atomic E-state index is 13.4. The van der Waals surface area contributed by atoms with Gasteiger partial charge in [-0.2, -0.15) is 0 Å². The number of aliphatic hydroxyl groups excluding tert-OH is 1. The van der Waals surface area contributed by atoms with Gasteiger partial charge in [0.1, 0.15) is 12.2 Å². The van der Waals surface area contributed by atoms with Gasteiger partial charge in [0.05, 0.1) is 12.7 Å². The van der Waals surface area contributed by atoms with Gasteiger partial charge in [0.25, 0.3) is 5.09 Å². The van der Waals surface area contributed by atoms with Crippen LogP contribution >= 0.6 is 0 Å². The molecule has 0 aromatic carbocycles. The summed E-state index contributed by atoms with van der Waals surface area (Å²) in [6, 6.07) is -1.59. The van der Waals surface area contributed by atoms with Crippen LogP contribution in [0, 0.1) is 38.7 Å². The molecule has 15 nitrogen and oxygen atoms in total. The number of fused-ring (bicyclic) bond motifs is 5. The predicted molar refractivity (Wildman–Crippen MR) is 156 cm³/mol. The van der Waals surface area contributed by atoms with Crippen LogP contribution in [-0.4, -0.2) is 87.6 Å². The van der Waals surface area contributed by atoms with E-state index >= 15 is 0 Å². The Hall–Kier alpha value is -3.85. The number of hydrogen-bond donors (Lipinski definition) is 4. The van der Waals surface area contributed by atoms with Crippen LogP contribution in [0.1, 0.15) is 71.6 Å². The Kier molecular flexibility index (Phi) is 10.6. The first-order valence-electron chi connectivity index (χ1n) is 15.6. The smallest absolute Gasteiger partial charge is 0.480 e. The first-order chi connectivity index (χ1) is 21.6. The zero-order valence-electron chi connectivity index (χ0n) is 26.0. The number of allylic oxidation sites excluding steroid dienone is 4. The van der Waals surface area contributed by atoms with E-state index in [1.54, 1.807) is 13.0 Å². The van der Waals surface area contributed by atoms with Crippen LogP contribution < -0.4 is 5.32 Å². The van der Waals surface area contributed by atoms with Gasteiger partial charge in [0, 0.05) is 23.2 Å². The average Bonchev–Trinajstić information content (AvgIpc) is 3.26. The second-order valence-electron chi connectivity index (χ2n) is 13.2. The Morgan fingerprint density at radius 2 is 1.89 bits per heavy atom. The van der Waals surface area contributed by atoms with Crippen molar-refractivity contribution < 1.29 is 58.7 Å². The largest absolute Gasteiger partial charge is 0.508 e. The van der Waals surface area contributed by atoms with E-state index in [1.807, 2.05) is 13.0 Å². The lowest BCUT2D eigenvalue weighted by Gasteiger charge is -2.59. The molecule has 46 heavy (non-hydrogen) atoms. The fourth-order valence-electron chi connectivity index (χ4n) is 8.37. The molecule has 4 aliphatic rings. The highest BCUT2D eigenvalue weighted by Crippen LogP contribution is 2.67. The highest BCUT2D eigenvalue weighted by Gasteiger charge is 2.68. The number of ketones is 2. The first kappa shape index (κ1) is 35.0. The summed E-state index contributed by atoms with van der Waals surface area (Å²) < 4.78 is 9.78. The van der Waals surface area contributed by atoms with E-state index in [0.29, 0.717) is 38.5 Å². The number of aliphatic hydroxyl groups is 2. The van der Waals surface area contributed by atoms with Gasteiger partial charge in [0.2, 0.25) is 11.7 Å². The van der Waals surface area contributed by atoms with Gasteiger partial charge in [-0.3, -0.25) is 14.4 Å². The molecular formula is C31H42N2O13. The summed E-state index contributed by atoms with van der Waals surface area (Å²) in [6.07, 6.45) is 6.03. The number of Topliss-reactive ketones (excluding diaryl/α,β-unsaturated/α-hetero) is 1. The van der Waals surface area contributed by atoms with Crippen LogP contribution in [0.3, 0.4) is 0 Å². The van der Waals surface area contributed by atoms with Gasteiger partial charge >= 0.3 is 12.1 Å². The molecule has 3 saturated carbocycles. The second kappa shape index (κ2) is 13.9. The van der Waals surface area contributed by atoms with Gasteiger partial charge in [0.15, 0.2) is 18.4 Å². The van der Waals surface area contributed by atoms with Crippen molar-refractivity contribution in [3.63, 3.8) is 0 Å². The maximum Gasteiger partial charge on any atom is 0.508 e. The molecule has 254 valence electrons. The normalized spacial score (nSPS) is 33.4. The lowest BCUT2D eigenvalue weighted by atomic mass is 9.46. The minimum atomic E-state index is -1.88. The van der Waals surface area contributed by atoms with E-state index in [-0.39, 0.29) is 49.4 Å². The quantitative estimate of drug-likeness (QED) is 0.0914. The summed E-state index contributed by atoms with van der Waals surface area (Å²) in [5, 5.41) is 44.1. The molecule has 15 heteroatoms. The van der Waals surface area contributed by atoms with Crippen molar-refractivity contribution in [3.05, 3.63) is 33.9 Å². The summed E-state index contributed by atoms with van der Waals surface area (Å²) in [4.78, 5) is 75.7. The van der Waals surface area contributed by atoms with E-state index in [1.165, 1.54) is 6.08 Å². The molecule has 0 spiro atoms. The van der Waals surface area contributed by atoms with E-state index in [9.17, 15) is 49.4 Å². The molecule has 0 radical (unpaired) electrons. The number of nitrogens with one attached hydrogen (secondary N) is 1. The molecule has 0 heterocycles.